The maximum atomic E-state index is 5.31. The molecule has 2 nitrogen and oxygen atoms in total. The zero-order valence-corrected chi connectivity index (χ0v) is 13.1. The first-order chi connectivity index (χ1) is 8.47. The van der Waals surface area contributed by atoms with E-state index in [1.54, 1.807) is 7.11 Å². The minimum Gasteiger partial charge on any atom is -0.383 e. The fourth-order valence-corrected chi connectivity index (χ4v) is 3.22. The largest absolute Gasteiger partial charge is 0.383 e. The van der Waals surface area contributed by atoms with Crippen molar-refractivity contribution in [3.63, 3.8) is 0 Å². The molecule has 0 spiro atoms. The smallest absolute Gasteiger partial charge is 0.0615 e. The Balaban J connectivity index is 2.33. The van der Waals surface area contributed by atoms with Crippen molar-refractivity contribution < 1.29 is 4.74 Å². The fourth-order valence-electron chi connectivity index (χ4n) is 3.22. The van der Waals surface area contributed by atoms with Gasteiger partial charge in [-0.3, -0.25) is 0 Å². The summed E-state index contributed by atoms with van der Waals surface area (Å²) in [4.78, 5) is 0. The van der Waals surface area contributed by atoms with Crippen LogP contribution in [0.25, 0.3) is 0 Å². The van der Waals surface area contributed by atoms with Crippen molar-refractivity contribution in [1.29, 1.82) is 0 Å². The van der Waals surface area contributed by atoms with Crippen LogP contribution >= 0.6 is 0 Å². The van der Waals surface area contributed by atoms with Gasteiger partial charge in [-0.2, -0.15) is 0 Å². The summed E-state index contributed by atoms with van der Waals surface area (Å²) in [7, 11) is 1.81. The van der Waals surface area contributed by atoms with E-state index in [0.29, 0.717) is 11.5 Å². The molecule has 1 unspecified atom stereocenters. The Labute approximate surface area is 114 Å². The fraction of sp³-hybridized carbons (Fsp3) is 1.00. The van der Waals surface area contributed by atoms with Crippen LogP contribution in [0, 0.1) is 11.3 Å². The first kappa shape index (κ1) is 16.0. The summed E-state index contributed by atoms with van der Waals surface area (Å²) in [5.41, 5.74) is 0.486. The van der Waals surface area contributed by atoms with E-state index in [2.05, 4.69) is 33.0 Å². The molecule has 1 aliphatic rings. The third-order valence-corrected chi connectivity index (χ3v) is 4.43. The summed E-state index contributed by atoms with van der Waals surface area (Å²) in [5, 5.41) is 3.80. The van der Waals surface area contributed by atoms with Crippen molar-refractivity contribution in [3.05, 3.63) is 0 Å². The van der Waals surface area contributed by atoms with Crippen LogP contribution in [0.1, 0.15) is 66.2 Å². The number of methoxy groups -OCH3 is 1. The lowest BCUT2D eigenvalue weighted by atomic mass is 9.71. The Morgan fingerprint density at radius 3 is 2.22 bits per heavy atom. The summed E-state index contributed by atoms with van der Waals surface area (Å²) in [6.07, 6.45) is 7.91. The molecule has 108 valence electrons. The summed E-state index contributed by atoms with van der Waals surface area (Å²) in [6.45, 7) is 10.3. The monoisotopic (exact) mass is 255 g/mol. The summed E-state index contributed by atoms with van der Waals surface area (Å²) in [5.74, 6) is 0.905. The molecule has 2 heteroatoms. The van der Waals surface area contributed by atoms with Gasteiger partial charge < -0.3 is 10.1 Å². The van der Waals surface area contributed by atoms with Gasteiger partial charge in [0.05, 0.1) is 6.61 Å². The van der Waals surface area contributed by atoms with E-state index >= 15 is 0 Å². The maximum absolute atomic E-state index is 5.31. The summed E-state index contributed by atoms with van der Waals surface area (Å²) < 4.78 is 5.31. The van der Waals surface area contributed by atoms with Crippen LogP contribution in [-0.2, 0) is 4.74 Å². The van der Waals surface area contributed by atoms with E-state index in [-0.39, 0.29) is 0 Å². The Bertz CT molecular complexity index is 208. The lowest BCUT2D eigenvalue weighted by Crippen LogP contribution is -2.43. The van der Waals surface area contributed by atoms with Gasteiger partial charge in [-0.05, 0) is 43.4 Å². The predicted octanol–water partition coefficient (Wildman–Crippen LogP) is 4.00. The zero-order chi connectivity index (χ0) is 13.6. The van der Waals surface area contributed by atoms with Crippen LogP contribution in [0.15, 0.2) is 0 Å². The molecule has 1 atom stereocenters. The highest BCUT2D eigenvalue weighted by molar-refractivity contribution is 4.85. The van der Waals surface area contributed by atoms with Crippen LogP contribution in [0.2, 0.25) is 0 Å². The molecular formula is C16H33NO. The highest BCUT2D eigenvalue weighted by Crippen LogP contribution is 2.37. The molecule has 0 aromatic rings. The Morgan fingerprint density at radius 1 is 1.17 bits per heavy atom. The second-order valence-corrected chi connectivity index (χ2v) is 7.02. The lowest BCUT2D eigenvalue weighted by Gasteiger charge is -2.38. The first-order valence-electron chi connectivity index (χ1n) is 7.72. The van der Waals surface area contributed by atoms with E-state index in [1.165, 1.54) is 38.5 Å². The molecule has 1 saturated carbocycles. The number of rotatable bonds is 6. The molecule has 1 fully saturated rings. The normalized spacial score (nSPS) is 27.2. The average molecular weight is 255 g/mol. The number of hydrogen-bond donors (Lipinski definition) is 1. The number of nitrogens with one attached hydrogen (secondary N) is 1. The molecule has 0 radical (unpaired) electrons. The minimum absolute atomic E-state index is 0.486. The van der Waals surface area contributed by atoms with Crippen molar-refractivity contribution in [3.8, 4) is 0 Å². The first-order valence-corrected chi connectivity index (χ1v) is 7.72. The van der Waals surface area contributed by atoms with Gasteiger partial charge in [0.25, 0.3) is 0 Å². The van der Waals surface area contributed by atoms with E-state index < -0.39 is 0 Å². The van der Waals surface area contributed by atoms with Crippen molar-refractivity contribution in [2.45, 2.75) is 78.3 Å². The van der Waals surface area contributed by atoms with Crippen molar-refractivity contribution in [2.24, 2.45) is 11.3 Å². The molecule has 18 heavy (non-hydrogen) atoms. The quantitative estimate of drug-likeness (QED) is 0.774. The maximum Gasteiger partial charge on any atom is 0.0615 e. The highest BCUT2D eigenvalue weighted by Gasteiger charge is 2.30. The highest BCUT2D eigenvalue weighted by atomic mass is 16.5. The van der Waals surface area contributed by atoms with E-state index in [9.17, 15) is 0 Å². The molecule has 0 aromatic heterocycles. The molecule has 0 bridgehead atoms. The summed E-state index contributed by atoms with van der Waals surface area (Å²) >= 11 is 0. The molecule has 1 N–H and O–H groups in total. The van der Waals surface area contributed by atoms with Gasteiger partial charge in [0.15, 0.2) is 0 Å². The van der Waals surface area contributed by atoms with Gasteiger partial charge in [0.2, 0.25) is 0 Å². The molecule has 0 aromatic carbocycles. The summed E-state index contributed by atoms with van der Waals surface area (Å²) in [6, 6.07) is 1.27. The Kier molecular flexibility index (Phi) is 6.65. The van der Waals surface area contributed by atoms with Crippen LogP contribution in [0.3, 0.4) is 0 Å². The Hall–Kier alpha value is -0.0800. The minimum atomic E-state index is 0.486. The standard InChI is InChI=1S/C16H33NO/c1-6-7-15(12-18-5)17-14-10-8-13(9-11-14)16(2,3)4/h13-15,17H,6-12H2,1-5H3. The SMILES string of the molecule is CCCC(COC)NC1CCC(C(C)(C)C)CC1. The van der Waals surface area contributed by atoms with E-state index in [4.69, 9.17) is 4.74 Å². The van der Waals surface area contributed by atoms with Crippen molar-refractivity contribution in [2.75, 3.05) is 13.7 Å². The van der Waals surface area contributed by atoms with Crippen LogP contribution in [0.5, 0.6) is 0 Å². The van der Waals surface area contributed by atoms with E-state index in [1.807, 2.05) is 0 Å². The van der Waals surface area contributed by atoms with E-state index in [0.717, 1.165) is 18.6 Å². The molecule has 1 rings (SSSR count). The van der Waals surface area contributed by atoms with Gasteiger partial charge in [0.1, 0.15) is 0 Å². The van der Waals surface area contributed by atoms with Gasteiger partial charge in [-0.1, -0.05) is 34.1 Å². The molecule has 1 aliphatic carbocycles. The molecule has 0 saturated heterocycles. The van der Waals surface area contributed by atoms with Gasteiger partial charge in [-0.15, -0.1) is 0 Å². The van der Waals surface area contributed by atoms with Crippen LogP contribution in [0.4, 0.5) is 0 Å². The Morgan fingerprint density at radius 2 is 1.78 bits per heavy atom. The van der Waals surface area contributed by atoms with Gasteiger partial charge in [0, 0.05) is 19.2 Å². The van der Waals surface area contributed by atoms with Crippen LogP contribution in [-0.4, -0.2) is 25.8 Å². The molecule has 0 amide bonds. The topological polar surface area (TPSA) is 21.3 Å². The predicted molar refractivity (Wildman–Crippen MR) is 78.9 cm³/mol. The molecular weight excluding hydrogens is 222 g/mol. The molecule has 0 aliphatic heterocycles. The number of ether oxygens (including phenoxy) is 1. The third kappa shape index (κ3) is 5.27. The lowest BCUT2D eigenvalue weighted by molar-refractivity contribution is 0.128. The molecule has 0 heterocycles. The second-order valence-electron chi connectivity index (χ2n) is 7.02. The second kappa shape index (κ2) is 7.49. The van der Waals surface area contributed by atoms with Gasteiger partial charge >= 0.3 is 0 Å². The van der Waals surface area contributed by atoms with Crippen LogP contribution < -0.4 is 5.32 Å². The van der Waals surface area contributed by atoms with Gasteiger partial charge in [-0.25, -0.2) is 0 Å². The average Bonchev–Trinajstić information content (AvgIpc) is 2.29. The third-order valence-electron chi connectivity index (χ3n) is 4.43. The van der Waals surface area contributed by atoms with Crippen molar-refractivity contribution >= 4 is 0 Å². The van der Waals surface area contributed by atoms with Crippen molar-refractivity contribution in [1.82, 2.24) is 5.32 Å². The zero-order valence-electron chi connectivity index (χ0n) is 13.1. The number of hydrogen-bond acceptors (Lipinski definition) is 2.